The van der Waals surface area contributed by atoms with Crippen molar-refractivity contribution >= 4 is 38.5 Å². The van der Waals surface area contributed by atoms with Crippen LogP contribution in [0.5, 0.6) is 0 Å². The number of imidazole rings is 1. The second kappa shape index (κ2) is 9.40. The summed E-state index contributed by atoms with van der Waals surface area (Å²) in [6.45, 7) is 3.46. The minimum atomic E-state index is -3.82. The maximum absolute atomic E-state index is 14.9. The summed E-state index contributed by atoms with van der Waals surface area (Å²) >= 11 is 0. The van der Waals surface area contributed by atoms with E-state index in [0.29, 0.717) is 17.6 Å². The number of hydrogen-bond donors (Lipinski definition) is 4. The van der Waals surface area contributed by atoms with Gasteiger partial charge in [-0.15, -0.1) is 0 Å². The summed E-state index contributed by atoms with van der Waals surface area (Å²) in [5.74, 6) is -2.63. The third kappa shape index (κ3) is 5.11. The molecule has 0 spiro atoms. The molecule has 1 amide bonds. The molecule has 9 nitrogen and oxygen atoms in total. The van der Waals surface area contributed by atoms with Crippen LogP contribution >= 0.6 is 0 Å². The van der Waals surface area contributed by atoms with E-state index < -0.39 is 38.8 Å². The molecule has 1 aliphatic heterocycles. The summed E-state index contributed by atoms with van der Waals surface area (Å²) < 4.78 is 55.1. The van der Waals surface area contributed by atoms with Crippen LogP contribution in [0.25, 0.3) is 11.2 Å². The van der Waals surface area contributed by atoms with Crippen molar-refractivity contribution in [2.24, 2.45) is 0 Å². The van der Waals surface area contributed by atoms with Gasteiger partial charge >= 0.3 is 0 Å². The van der Waals surface area contributed by atoms with Crippen molar-refractivity contribution in [1.29, 1.82) is 0 Å². The van der Waals surface area contributed by atoms with Crippen molar-refractivity contribution in [3.8, 4) is 0 Å². The number of halogens is 2. The number of aromatic amines is 1. The van der Waals surface area contributed by atoms with Crippen LogP contribution in [0.2, 0.25) is 0 Å². The molecule has 0 aliphatic carbocycles. The van der Waals surface area contributed by atoms with Crippen molar-refractivity contribution in [2.75, 3.05) is 28.9 Å². The normalized spacial score (nSPS) is 15.0. The molecule has 1 fully saturated rings. The first-order valence-corrected chi connectivity index (χ1v) is 12.3. The topological polar surface area (TPSA) is 129 Å². The number of piperidine rings is 1. The van der Waals surface area contributed by atoms with Gasteiger partial charge in [0.1, 0.15) is 17.2 Å². The van der Waals surface area contributed by atoms with Crippen LogP contribution in [-0.2, 0) is 10.0 Å². The quantitative estimate of drug-likeness (QED) is 0.413. The summed E-state index contributed by atoms with van der Waals surface area (Å²) in [7, 11) is -3.82. The third-order valence-corrected chi connectivity index (χ3v) is 6.87. The molecule has 1 saturated heterocycles. The summed E-state index contributed by atoms with van der Waals surface area (Å²) in [4.78, 5) is 24.6. The lowest BCUT2D eigenvalue weighted by Gasteiger charge is -2.20. The highest BCUT2D eigenvalue weighted by Gasteiger charge is 2.24. The fourth-order valence-corrected chi connectivity index (χ4v) is 4.93. The number of nitrogens with one attached hydrogen (secondary N) is 4. The fourth-order valence-electron chi connectivity index (χ4n) is 3.80. The number of fused-ring (bicyclic) bond motifs is 1. The lowest BCUT2D eigenvalue weighted by Crippen LogP contribution is -2.27. The van der Waals surface area contributed by atoms with Crippen LogP contribution in [0.15, 0.2) is 24.4 Å². The molecule has 0 saturated carbocycles. The Balaban J connectivity index is 1.56. The largest absolute Gasteiger partial charge is 0.340 e. The molecule has 0 unspecified atom stereocenters. The van der Waals surface area contributed by atoms with Gasteiger partial charge < -0.3 is 15.6 Å². The van der Waals surface area contributed by atoms with E-state index in [2.05, 4.69) is 30.3 Å². The van der Waals surface area contributed by atoms with Crippen molar-refractivity contribution in [1.82, 2.24) is 20.3 Å². The Morgan fingerprint density at radius 3 is 2.73 bits per heavy atom. The molecular weight excluding hydrogens is 454 g/mol. The van der Waals surface area contributed by atoms with E-state index in [0.717, 1.165) is 43.9 Å². The first kappa shape index (κ1) is 23.1. The Labute approximate surface area is 189 Å². The Morgan fingerprint density at radius 1 is 1.24 bits per heavy atom. The van der Waals surface area contributed by atoms with E-state index in [9.17, 15) is 22.0 Å². The average molecular weight is 479 g/mol. The SMILES string of the molecule is CCCS(=O)(=O)Nc1ccc(F)c(C(=O)Nc2cnc3nc(C4CCNCC4)[nH]c3c2)c1F. The molecule has 1 aromatic carbocycles. The predicted molar refractivity (Wildman–Crippen MR) is 121 cm³/mol. The molecule has 2 aromatic heterocycles. The number of rotatable bonds is 7. The Hall–Kier alpha value is -3.12. The lowest BCUT2D eigenvalue weighted by atomic mass is 9.98. The number of carbonyl (C=O) groups excluding carboxylic acids is 1. The maximum atomic E-state index is 14.9. The van der Waals surface area contributed by atoms with Crippen LogP contribution in [0.1, 0.15) is 48.3 Å². The summed E-state index contributed by atoms with van der Waals surface area (Å²) in [6, 6.07) is 3.36. The lowest BCUT2D eigenvalue weighted by molar-refractivity contribution is 0.101. The molecular formula is C21H24F2N6O3S. The second-order valence-electron chi connectivity index (χ2n) is 7.90. The second-order valence-corrected chi connectivity index (χ2v) is 9.74. The highest BCUT2D eigenvalue weighted by atomic mass is 32.2. The molecule has 1 aliphatic rings. The van der Waals surface area contributed by atoms with Gasteiger partial charge in [0, 0.05) is 5.92 Å². The van der Waals surface area contributed by atoms with Crippen LogP contribution in [0, 0.1) is 11.6 Å². The van der Waals surface area contributed by atoms with Gasteiger partial charge in [0.2, 0.25) is 10.0 Å². The van der Waals surface area contributed by atoms with Crippen LogP contribution in [0.4, 0.5) is 20.2 Å². The number of pyridine rings is 1. The number of aromatic nitrogens is 3. The van der Waals surface area contributed by atoms with E-state index in [1.165, 1.54) is 6.20 Å². The highest BCUT2D eigenvalue weighted by molar-refractivity contribution is 7.92. The Bertz CT molecular complexity index is 1290. The number of carbonyl (C=O) groups is 1. The molecule has 33 heavy (non-hydrogen) atoms. The van der Waals surface area contributed by atoms with Gasteiger partial charge in [-0.2, -0.15) is 0 Å². The predicted octanol–water partition coefficient (Wildman–Crippen LogP) is 3.11. The maximum Gasteiger partial charge on any atom is 0.261 e. The van der Waals surface area contributed by atoms with Gasteiger partial charge in [0.15, 0.2) is 11.5 Å². The molecule has 0 radical (unpaired) electrons. The molecule has 4 N–H and O–H groups in total. The summed E-state index contributed by atoms with van der Waals surface area (Å²) in [6.07, 6.45) is 3.55. The number of benzene rings is 1. The van der Waals surface area contributed by atoms with Crippen LogP contribution < -0.4 is 15.4 Å². The van der Waals surface area contributed by atoms with Crippen molar-refractivity contribution in [3.05, 3.63) is 47.4 Å². The van der Waals surface area contributed by atoms with E-state index >= 15 is 0 Å². The number of anilines is 2. The minimum absolute atomic E-state index is 0.212. The van der Waals surface area contributed by atoms with Crippen LogP contribution in [-0.4, -0.2) is 48.1 Å². The third-order valence-electron chi connectivity index (χ3n) is 5.40. The molecule has 12 heteroatoms. The first-order valence-electron chi connectivity index (χ1n) is 10.6. The van der Waals surface area contributed by atoms with E-state index in [4.69, 9.17) is 0 Å². The van der Waals surface area contributed by atoms with Gasteiger partial charge in [-0.3, -0.25) is 9.52 Å². The van der Waals surface area contributed by atoms with E-state index in [-0.39, 0.29) is 17.4 Å². The van der Waals surface area contributed by atoms with Gasteiger partial charge in [-0.25, -0.2) is 27.2 Å². The molecule has 0 atom stereocenters. The van der Waals surface area contributed by atoms with Gasteiger partial charge in [0.25, 0.3) is 5.91 Å². The molecule has 3 heterocycles. The zero-order chi connectivity index (χ0) is 23.6. The zero-order valence-electron chi connectivity index (χ0n) is 17.9. The molecule has 0 bridgehead atoms. The number of hydrogen-bond acceptors (Lipinski definition) is 6. The number of amides is 1. The molecule has 176 valence electrons. The van der Waals surface area contributed by atoms with Gasteiger partial charge in [-0.05, 0) is 50.6 Å². The van der Waals surface area contributed by atoms with E-state index in [1.54, 1.807) is 13.0 Å². The smallest absolute Gasteiger partial charge is 0.261 e. The number of sulfonamides is 1. The first-order chi connectivity index (χ1) is 15.8. The fraction of sp³-hybridized carbons (Fsp3) is 0.381. The summed E-state index contributed by atoms with van der Waals surface area (Å²) in [5.41, 5.74) is -0.117. The summed E-state index contributed by atoms with van der Waals surface area (Å²) in [5, 5.41) is 5.71. The number of nitrogens with zero attached hydrogens (tertiary/aromatic N) is 2. The Kier molecular flexibility index (Phi) is 6.56. The van der Waals surface area contributed by atoms with E-state index in [1.807, 2.05) is 0 Å². The molecule has 3 aromatic rings. The average Bonchev–Trinajstić information content (AvgIpc) is 3.20. The highest BCUT2D eigenvalue weighted by Crippen LogP contribution is 2.26. The van der Waals surface area contributed by atoms with Gasteiger partial charge in [0.05, 0.1) is 28.8 Å². The monoisotopic (exact) mass is 478 g/mol. The van der Waals surface area contributed by atoms with Crippen molar-refractivity contribution in [3.63, 3.8) is 0 Å². The molecule has 4 rings (SSSR count). The van der Waals surface area contributed by atoms with Gasteiger partial charge in [-0.1, -0.05) is 6.92 Å². The van der Waals surface area contributed by atoms with Crippen molar-refractivity contribution in [2.45, 2.75) is 32.1 Å². The van der Waals surface area contributed by atoms with Crippen molar-refractivity contribution < 1.29 is 22.0 Å². The zero-order valence-corrected chi connectivity index (χ0v) is 18.7. The number of H-pyrrole nitrogens is 1. The van der Waals surface area contributed by atoms with Crippen LogP contribution in [0.3, 0.4) is 0 Å². The minimum Gasteiger partial charge on any atom is -0.340 e. The Morgan fingerprint density at radius 2 is 2.00 bits per heavy atom. The standard InChI is InChI=1S/C21H24F2N6O3S/c1-2-9-33(31,32)29-15-4-3-14(22)17(18(15)23)21(30)26-13-10-16-20(25-11-13)28-19(27-16)12-5-7-24-8-6-12/h3-4,10-12,24,29H,2,5-9H2,1H3,(H,26,30)(H,25,27,28).